The Morgan fingerprint density at radius 1 is 1.14 bits per heavy atom. The van der Waals surface area contributed by atoms with Crippen LogP contribution in [0.4, 0.5) is 0 Å². The Kier molecular flexibility index (Phi) is 6.11. The number of carbonyl (C=O) groups is 1. The van der Waals surface area contributed by atoms with Gasteiger partial charge < -0.3 is 14.4 Å². The van der Waals surface area contributed by atoms with Gasteiger partial charge in [-0.1, -0.05) is 0 Å². The zero-order chi connectivity index (χ0) is 21.0. The summed E-state index contributed by atoms with van der Waals surface area (Å²) in [5.74, 6) is 1.70. The molecule has 3 aromatic rings. The third-order valence-electron chi connectivity index (χ3n) is 4.81. The maximum Gasteiger partial charge on any atom is 0.257 e. The van der Waals surface area contributed by atoms with E-state index in [0.717, 1.165) is 5.56 Å². The number of hydrogen-bond acceptors (Lipinski definition) is 6. The highest BCUT2D eigenvalue weighted by molar-refractivity contribution is 5.95. The van der Waals surface area contributed by atoms with Crippen LogP contribution in [0, 0.1) is 6.92 Å². The van der Waals surface area contributed by atoms with E-state index in [9.17, 15) is 4.79 Å². The number of nitrogens with zero attached hydrogens (tertiary/aromatic N) is 5. The molecule has 0 saturated heterocycles. The first-order chi connectivity index (χ1) is 14.0. The number of hydrogen-bond donors (Lipinski definition) is 0. The van der Waals surface area contributed by atoms with Gasteiger partial charge in [-0.05, 0) is 45.0 Å². The predicted octanol–water partition coefficient (Wildman–Crippen LogP) is 3.14. The van der Waals surface area contributed by atoms with Gasteiger partial charge in [0.25, 0.3) is 11.9 Å². The molecule has 152 valence electrons. The highest BCUT2D eigenvalue weighted by Crippen LogP contribution is 2.32. The SMILES string of the molecule is CCN(CC)C(=O)c1cnn(-c2nccc(-c3cc(OC)ccc3OC)n2)c1C. The van der Waals surface area contributed by atoms with Crippen LogP contribution in [0.25, 0.3) is 17.2 Å². The molecule has 0 aliphatic rings. The van der Waals surface area contributed by atoms with Gasteiger partial charge in [0.05, 0.1) is 37.4 Å². The summed E-state index contributed by atoms with van der Waals surface area (Å²) in [6.07, 6.45) is 3.22. The number of rotatable bonds is 7. The van der Waals surface area contributed by atoms with Crippen LogP contribution in [0.5, 0.6) is 11.5 Å². The Hall–Kier alpha value is -3.42. The van der Waals surface area contributed by atoms with Gasteiger partial charge in [-0.25, -0.2) is 14.6 Å². The third kappa shape index (κ3) is 3.91. The van der Waals surface area contributed by atoms with Crippen molar-refractivity contribution in [3.8, 4) is 28.7 Å². The first-order valence-electron chi connectivity index (χ1n) is 9.43. The molecule has 0 atom stereocenters. The molecule has 0 saturated carbocycles. The fraction of sp³-hybridized carbons (Fsp3) is 0.333. The van der Waals surface area contributed by atoms with E-state index in [1.54, 1.807) is 42.3 Å². The predicted molar refractivity (Wildman–Crippen MR) is 110 cm³/mol. The molecule has 0 spiro atoms. The van der Waals surface area contributed by atoms with E-state index in [0.29, 0.717) is 47.5 Å². The fourth-order valence-corrected chi connectivity index (χ4v) is 3.12. The van der Waals surface area contributed by atoms with Gasteiger partial charge in [0, 0.05) is 24.8 Å². The van der Waals surface area contributed by atoms with E-state index in [1.165, 1.54) is 0 Å². The highest BCUT2D eigenvalue weighted by Gasteiger charge is 2.20. The maximum atomic E-state index is 12.7. The van der Waals surface area contributed by atoms with Crippen molar-refractivity contribution in [3.63, 3.8) is 0 Å². The second-order valence-electron chi connectivity index (χ2n) is 6.34. The van der Waals surface area contributed by atoms with Gasteiger partial charge in [0.2, 0.25) is 0 Å². The highest BCUT2D eigenvalue weighted by atomic mass is 16.5. The Bertz CT molecular complexity index is 1010. The third-order valence-corrected chi connectivity index (χ3v) is 4.81. The van der Waals surface area contributed by atoms with E-state index in [4.69, 9.17) is 9.47 Å². The minimum atomic E-state index is -0.0515. The number of carbonyl (C=O) groups excluding carboxylic acids is 1. The summed E-state index contributed by atoms with van der Waals surface area (Å²) in [4.78, 5) is 23.5. The van der Waals surface area contributed by atoms with Crippen LogP contribution in [-0.2, 0) is 0 Å². The molecule has 0 aliphatic heterocycles. The molecular weight excluding hydrogens is 370 g/mol. The molecule has 29 heavy (non-hydrogen) atoms. The minimum Gasteiger partial charge on any atom is -0.497 e. The first-order valence-corrected chi connectivity index (χ1v) is 9.43. The summed E-state index contributed by atoms with van der Waals surface area (Å²) in [5, 5.41) is 4.36. The zero-order valence-corrected chi connectivity index (χ0v) is 17.3. The second-order valence-corrected chi connectivity index (χ2v) is 6.34. The molecule has 1 aromatic carbocycles. The van der Waals surface area contributed by atoms with Crippen LogP contribution >= 0.6 is 0 Å². The normalized spacial score (nSPS) is 10.7. The topological polar surface area (TPSA) is 82.4 Å². The molecule has 8 heteroatoms. The van der Waals surface area contributed by atoms with E-state index < -0.39 is 0 Å². The molecule has 8 nitrogen and oxygen atoms in total. The average Bonchev–Trinajstić information content (AvgIpc) is 3.15. The molecule has 2 heterocycles. The quantitative estimate of drug-likeness (QED) is 0.611. The number of amides is 1. The van der Waals surface area contributed by atoms with Crippen molar-refractivity contribution in [3.05, 3.63) is 47.9 Å². The van der Waals surface area contributed by atoms with Crippen molar-refractivity contribution in [1.29, 1.82) is 0 Å². The number of methoxy groups -OCH3 is 2. The summed E-state index contributed by atoms with van der Waals surface area (Å²) >= 11 is 0. The molecule has 0 radical (unpaired) electrons. The monoisotopic (exact) mass is 395 g/mol. The Labute approximate surface area is 170 Å². The smallest absolute Gasteiger partial charge is 0.257 e. The lowest BCUT2D eigenvalue weighted by molar-refractivity contribution is 0.0772. The molecular formula is C21H25N5O3. The Balaban J connectivity index is 2.03. The lowest BCUT2D eigenvalue weighted by atomic mass is 10.1. The van der Waals surface area contributed by atoms with Crippen LogP contribution in [0.2, 0.25) is 0 Å². The zero-order valence-electron chi connectivity index (χ0n) is 17.3. The lowest BCUT2D eigenvalue weighted by Crippen LogP contribution is -2.30. The largest absolute Gasteiger partial charge is 0.497 e. The summed E-state index contributed by atoms with van der Waals surface area (Å²) in [6, 6.07) is 7.31. The number of ether oxygens (including phenoxy) is 2. The molecule has 1 amide bonds. The van der Waals surface area contributed by atoms with E-state index in [1.807, 2.05) is 39.0 Å². The number of benzene rings is 1. The van der Waals surface area contributed by atoms with Crippen LogP contribution < -0.4 is 9.47 Å². The van der Waals surface area contributed by atoms with Crippen LogP contribution in [-0.4, -0.2) is 57.9 Å². The van der Waals surface area contributed by atoms with Crippen molar-refractivity contribution in [2.75, 3.05) is 27.3 Å². The van der Waals surface area contributed by atoms with Crippen molar-refractivity contribution in [2.45, 2.75) is 20.8 Å². The van der Waals surface area contributed by atoms with E-state index >= 15 is 0 Å². The summed E-state index contributed by atoms with van der Waals surface area (Å²) in [5.41, 5.74) is 2.68. The Morgan fingerprint density at radius 2 is 1.90 bits per heavy atom. The van der Waals surface area contributed by atoms with Crippen molar-refractivity contribution < 1.29 is 14.3 Å². The Morgan fingerprint density at radius 3 is 2.55 bits per heavy atom. The standard InChI is InChI=1S/C21H25N5O3/c1-6-25(7-2)20(27)17-13-23-26(14(17)3)21-22-11-10-18(24-21)16-12-15(28-4)8-9-19(16)29-5/h8-13H,6-7H2,1-5H3. The summed E-state index contributed by atoms with van der Waals surface area (Å²) in [7, 11) is 3.22. The molecule has 0 aliphatic carbocycles. The lowest BCUT2D eigenvalue weighted by Gasteiger charge is -2.18. The van der Waals surface area contributed by atoms with Crippen LogP contribution in [0.1, 0.15) is 29.9 Å². The average molecular weight is 395 g/mol. The molecule has 3 rings (SSSR count). The number of aromatic nitrogens is 4. The van der Waals surface area contributed by atoms with Crippen molar-refractivity contribution >= 4 is 5.91 Å². The molecule has 0 N–H and O–H groups in total. The summed E-state index contributed by atoms with van der Waals surface area (Å²) in [6.45, 7) is 7.03. The van der Waals surface area contributed by atoms with Gasteiger partial charge >= 0.3 is 0 Å². The van der Waals surface area contributed by atoms with E-state index in [2.05, 4.69) is 15.1 Å². The van der Waals surface area contributed by atoms with Gasteiger partial charge in [-0.3, -0.25) is 4.79 Å². The van der Waals surface area contributed by atoms with Gasteiger partial charge in [0.15, 0.2) is 0 Å². The van der Waals surface area contributed by atoms with Gasteiger partial charge in [-0.15, -0.1) is 0 Å². The van der Waals surface area contributed by atoms with Crippen LogP contribution in [0.15, 0.2) is 36.7 Å². The maximum absolute atomic E-state index is 12.7. The van der Waals surface area contributed by atoms with Gasteiger partial charge in [-0.2, -0.15) is 5.10 Å². The van der Waals surface area contributed by atoms with Crippen LogP contribution in [0.3, 0.4) is 0 Å². The molecule has 0 fully saturated rings. The van der Waals surface area contributed by atoms with Crippen molar-refractivity contribution in [1.82, 2.24) is 24.6 Å². The summed E-state index contributed by atoms with van der Waals surface area (Å²) < 4.78 is 12.4. The van der Waals surface area contributed by atoms with Gasteiger partial charge in [0.1, 0.15) is 11.5 Å². The van der Waals surface area contributed by atoms with Crippen molar-refractivity contribution in [2.24, 2.45) is 0 Å². The second kappa shape index (κ2) is 8.72. The first kappa shape index (κ1) is 20.3. The van der Waals surface area contributed by atoms with E-state index in [-0.39, 0.29) is 5.91 Å². The molecule has 0 unspecified atom stereocenters. The minimum absolute atomic E-state index is 0.0515. The molecule has 0 bridgehead atoms. The fourth-order valence-electron chi connectivity index (χ4n) is 3.12. The molecule has 2 aromatic heterocycles.